The fourth-order valence-corrected chi connectivity index (χ4v) is 2.37. The number of nitrogens with zero attached hydrogens (tertiary/aromatic N) is 3. The first-order chi connectivity index (χ1) is 10.3. The van der Waals surface area contributed by atoms with Gasteiger partial charge in [0.1, 0.15) is 0 Å². The van der Waals surface area contributed by atoms with Gasteiger partial charge in [0, 0.05) is 30.8 Å². The first-order valence-electron chi connectivity index (χ1n) is 6.82. The smallest absolute Gasteiger partial charge is 0.0991 e. The number of aromatic nitrogens is 2. The molecule has 0 aliphatic rings. The van der Waals surface area contributed by atoms with E-state index in [0.29, 0.717) is 5.56 Å². The van der Waals surface area contributed by atoms with E-state index in [2.05, 4.69) is 40.9 Å². The molecule has 3 rings (SSSR count). The molecule has 0 unspecified atom stereocenters. The number of hydrogen-bond donors (Lipinski definition) is 0. The quantitative estimate of drug-likeness (QED) is 0.728. The molecule has 0 saturated carbocycles. The molecular weight excluding hydrogens is 258 g/mol. The van der Waals surface area contributed by atoms with Crippen molar-refractivity contribution in [2.75, 3.05) is 0 Å². The molecule has 0 N–H and O–H groups in total. The highest BCUT2D eigenvalue weighted by Crippen LogP contribution is 2.23. The van der Waals surface area contributed by atoms with E-state index in [1.807, 2.05) is 36.5 Å². The van der Waals surface area contributed by atoms with Crippen LogP contribution in [-0.4, -0.2) is 9.55 Å². The molecule has 102 valence electrons. The van der Waals surface area contributed by atoms with Crippen LogP contribution in [0.2, 0.25) is 0 Å². The minimum atomic E-state index is 0.685. The highest BCUT2D eigenvalue weighted by atomic mass is 15.0. The lowest BCUT2D eigenvalue weighted by Crippen LogP contribution is -1.99. The van der Waals surface area contributed by atoms with Gasteiger partial charge in [-0.05, 0) is 47.9 Å². The third-order valence-corrected chi connectivity index (χ3v) is 3.54. The number of aryl methyl sites for hydroxylation is 1. The van der Waals surface area contributed by atoms with E-state index >= 15 is 0 Å². The first-order valence-corrected chi connectivity index (χ1v) is 6.82. The lowest BCUT2D eigenvalue weighted by molar-refractivity contribution is 0.773. The van der Waals surface area contributed by atoms with Crippen molar-refractivity contribution >= 4 is 0 Å². The fourth-order valence-electron chi connectivity index (χ4n) is 2.37. The Morgan fingerprint density at radius 2 is 1.95 bits per heavy atom. The Labute approximate surface area is 124 Å². The number of benzene rings is 1. The van der Waals surface area contributed by atoms with Gasteiger partial charge in [-0.2, -0.15) is 5.26 Å². The maximum absolute atomic E-state index is 8.85. The lowest BCUT2D eigenvalue weighted by Gasteiger charge is -2.05. The number of hydrogen-bond acceptors (Lipinski definition) is 2. The van der Waals surface area contributed by atoms with Gasteiger partial charge in [0.2, 0.25) is 0 Å². The van der Waals surface area contributed by atoms with Crippen molar-refractivity contribution in [3.8, 4) is 17.2 Å². The van der Waals surface area contributed by atoms with Gasteiger partial charge in [0.25, 0.3) is 0 Å². The average molecular weight is 273 g/mol. The standard InChI is InChI=1S/C18H15N3/c1-14-9-18(17-6-4-15(10-19)5-7-17)13-21(14)12-16-3-2-8-20-11-16/h2-9,11,13H,12H2,1H3. The van der Waals surface area contributed by atoms with Gasteiger partial charge in [-0.25, -0.2) is 0 Å². The van der Waals surface area contributed by atoms with Crippen LogP contribution in [0.25, 0.3) is 11.1 Å². The highest BCUT2D eigenvalue weighted by Gasteiger charge is 2.05. The van der Waals surface area contributed by atoms with Crippen LogP contribution in [0.4, 0.5) is 0 Å². The van der Waals surface area contributed by atoms with E-state index in [1.54, 1.807) is 6.20 Å². The summed E-state index contributed by atoms with van der Waals surface area (Å²) in [6.07, 6.45) is 5.82. The van der Waals surface area contributed by atoms with E-state index in [0.717, 1.165) is 12.1 Å². The van der Waals surface area contributed by atoms with E-state index < -0.39 is 0 Å². The van der Waals surface area contributed by atoms with Crippen LogP contribution < -0.4 is 0 Å². The predicted octanol–water partition coefficient (Wildman–Crippen LogP) is 3.78. The molecule has 2 heterocycles. The minimum Gasteiger partial charge on any atom is -0.347 e. The third kappa shape index (κ3) is 2.85. The molecule has 21 heavy (non-hydrogen) atoms. The Balaban J connectivity index is 1.88. The van der Waals surface area contributed by atoms with Crippen molar-refractivity contribution in [3.63, 3.8) is 0 Å². The van der Waals surface area contributed by atoms with E-state index in [4.69, 9.17) is 5.26 Å². The number of rotatable bonds is 3. The van der Waals surface area contributed by atoms with Gasteiger partial charge in [0.15, 0.2) is 0 Å². The van der Waals surface area contributed by atoms with Gasteiger partial charge >= 0.3 is 0 Å². The van der Waals surface area contributed by atoms with Crippen molar-refractivity contribution in [2.45, 2.75) is 13.5 Å². The summed E-state index contributed by atoms with van der Waals surface area (Å²) < 4.78 is 2.21. The Bertz CT molecular complexity index is 778. The molecule has 0 aliphatic heterocycles. The van der Waals surface area contributed by atoms with Crippen molar-refractivity contribution in [3.05, 3.63) is 77.9 Å². The molecule has 3 aromatic rings. The number of nitriles is 1. The molecule has 0 radical (unpaired) electrons. The van der Waals surface area contributed by atoms with Crippen molar-refractivity contribution in [2.24, 2.45) is 0 Å². The molecule has 0 amide bonds. The normalized spacial score (nSPS) is 10.3. The highest BCUT2D eigenvalue weighted by molar-refractivity contribution is 5.64. The Kier molecular flexibility index (Phi) is 3.53. The zero-order valence-electron chi connectivity index (χ0n) is 11.8. The molecule has 1 aromatic carbocycles. The molecule has 0 bridgehead atoms. The van der Waals surface area contributed by atoms with Crippen LogP contribution in [0, 0.1) is 18.3 Å². The SMILES string of the molecule is Cc1cc(-c2ccc(C#N)cc2)cn1Cc1cccnc1. The summed E-state index contributed by atoms with van der Waals surface area (Å²) in [4.78, 5) is 4.15. The molecular formula is C18H15N3. The summed E-state index contributed by atoms with van der Waals surface area (Å²) in [5, 5.41) is 8.85. The maximum atomic E-state index is 8.85. The summed E-state index contributed by atoms with van der Waals surface area (Å²) in [7, 11) is 0. The van der Waals surface area contributed by atoms with Crippen molar-refractivity contribution in [1.82, 2.24) is 9.55 Å². The van der Waals surface area contributed by atoms with Crippen LogP contribution in [0.1, 0.15) is 16.8 Å². The monoisotopic (exact) mass is 273 g/mol. The molecule has 0 aliphatic carbocycles. The zero-order valence-corrected chi connectivity index (χ0v) is 11.8. The van der Waals surface area contributed by atoms with Gasteiger partial charge in [-0.3, -0.25) is 4.98 Å². The summed E-state index contributed by atoms with van der Waals surface area (Å²) >= 11 is 0. The second-order valence-electron chi connectivity index (χ2n) is 5.05. The van der Waals surface area contributed by atoms with E-state index in [1.165, 1.54) is 16.8 Å². The van der Waals surface area contributed by atoms with E-state index in [-0.39, 0.29) is 0 Å². The Morgan fingerprint density at radius 1 is 1.14 bits per heavy atom. The predicted molar refractivity (Wildman–Crippen MR) is 82.7 cm³/mol. The maximum Gasteiger partial charge on any atom is 0.0991 e. The zero-order chi connectivity index (χ0) is 14.7. The largest absolute Gasteiger partial charge is 0.347 e. The Hall–Kier alpha value is -2.86. The minimum absolute atomic E-state index is 0.685. The summed E-state index contributed by atoms with van der Waals surface area (Å²) in [6, 6.07) is 16.0. The Morgan fingerprint density at radius 3 is 2.62 bits per heavy atom. The summed E-state index contributed by atoms with van der Waals surface area (Å²) in [6.45, 7) is 2.92. The molecule has 0 atom stereocenters. The van der Waals surface area contributed by atoms with Gasteiger partial charge < -0.3 is 4.57 Å². The van der Waals surface area contributed by atoms with Crippen LogP contribution in [-0.2, 0) is 6.54 Å². The van der Waals surface area contributed by atoms with Gasteiger partial charge in [-0.15, -0.1) is 0 Å². The van der Waals surface area contributed by atoms with Crippen LogP contribution in [0.3, 0.4) is 0 Å². The van der Waals surface area contributed by atoms with E-state index in [9.17, 15) is 0 Å². The van der Waals surface area contributed by atoms with Crippen LogP contribution >= 0.6 is 0 Å². The second kappa shape index (κ2) is 5.64. The molecule has 0 spiro atoms. The molecule has 0 saturated heterocycles. The molecule has 0 fully saturated rings. The summed E-state index contributed by atoms with van der Waals surface area (Å²) in [5.41, 5.74) is 5.37. The van der Waals surface area contributed by atoms with Crippen LogP contribution in [0.15, 0.2) is 61.1 Å². The number of pyridine rings is 1. The summed E-state index contributed by atoms with van der Waals surface area (Å²) in [5.74, 6) is 0. The van der Waals surface area contributed by atoms with Gasteiger partial charge in [-0.1, -0.05) is 18.2 Å². The molecule has 3 heteroatoms. The molecule has 2 aromatic heterocycles. The van der Waals surface area contributed by atoms with Crippen LogP contribution in [0.5, 0.6) is 0 Å². The third-order valence-electron chi connectivity index (χ3n) is 3.54. The fraction of sp³-hybridized carbons (Fsp3) is 0.111. The van der Waals surface area contributed by atoms with Gasteiger partial charge in [0.05, 0.1) is 11.6 Å². The van der Waals surface area contributed by atoms with Crippen molar-refractivity contribution < 1.29 is 0 Å². The second-order valence-corrected chi connectivity index (χ2v) is 5.05. The first kappa shape index (κ1) is 13.1. The topological polar surface area (TPSA) is 41.6 Å². The van der Waals surface area contributed by atoms with Crippen molar-refractivity contribution in [1.29, 1.82) is 5.26 Å². The lowest BCUT2D eigenvalue weighted by atomic mass is 10.1. The average Bonchev–Trinajstić information content (AvgIpc) is 2.89. The molecule has 3 nitrogen and oxygen atoms in total.